The standard InChI is InChI=1S/C71H4.C29H39NO6Si/c1-3-5-7-9-11-13-15-17-19-21-23-25-27-29-31-33-35-37-39-41-43-45-47-49-51-53-55-57-59-61-63-65-67-69-71-70-68-66-64-62-60-58-56-54-52-50-48-46-44-42-40-38-36-34-32-30-28-26-24-22-20-18-16-14-12-10-8-6-4-2;1-20-8-12-22(13-9-20)23-14-10-21(11-15-23)18-34-29(5,26(32)17-31)27(33)25-16-24(36-30-25)19-35-37(6,7)28(2,3)4/h1H,2H3;8-16,27,31,33H,17-19H2,1-7H3/t;27-,29+/m.0/s1. The Morgan fingerprint density at radius 2 is 0.648 bits per heavy atom. The van der Waals surface area contributed by atoms with Gasteiger partial charge in [-0.15, -0.1) is 6.42 Å². The molecule has 8 heteroatoms. The van der Waals surface area contributed by atoms with Gasteiger partial charge in [-0.2, -0.15) is 0 Å². The van der Waals surface area contributed by atoms with Crippen molar-refractivity contribution in [1.29, 1.82) is 0 Å². The van der Waals surface area contributed by atoms with E-state index in [-0.39, 0.29) is 23.9 Å². The fourth-order valence-electron chi connectivity index (χ4n) is 5.65. The second kappa shape index (κ2) is 58.0. The number of terminal acetylenes is 1. The van der Waals surface area contributed by atoms with E-state index >= 15 is 0 Å². The van der Waals surface area contributed by atoms with Gasteiger partial charge in [-0.05, 0) is 150 Å². The van der Waals surface area contributed by atoms with Crippen LogP contribution in [0.5, 0.6) is 0 Å². The summed E-state index contributed by atoms with van der Waals surface area (Å²) in [4.78, 5) is 12.7. The Bertz CT molecular complexity index is 6510. The van der Waals surface area contributed by atoms with Gasteiger partial charge in [-0.3, -0.25) is 4.79 Å². The lowest BCUT2D eigenvalue weighted by Crippen LogP contribution is -2.46. The second-order valence-corrected chi connectivity index (χ2v) is 24.8. The molecule has 0 amide bonds. The molecule has 2 N–H and O–H groups in total. The van der Waals surface area contributed by atoms with Crippen LogP contribution in [0, 0.1) is 422 Å². The molecule has 0 bridgehead atoms. The first kappa shape index (κ1) is 86.1. The van der Waals surface area contributed by atoms with Gasteiger partial charge in [0.15, 0.2) is 25.5 Å². The van der Waals surface area contributed by atoms with Crippen LogP contribution in [0.3, 0.4) is 0 Å². The normalized spacial score (nSPS) is 7.68. The van der Waals surface area contributed by atoms with Gasteiger partial charge in [0.2, 0.25) is 0 Å². The van der Waals surface area contributed by atoms with E-state index in [4.69, 9.17) is 20.1 Å². The van der Waals surface area contributed by atoms with Gasteiger partial charge in [0.25, 0.3) is 0 Å². The van der Waals surface area contributed by atoms with Crippen molar-refractivity contribution in [3.05, 3.63) is 77.2 Å². The first-order chi connectivity index (χ1) is 52.7. The minimum atomic E-state index is -2.01. The number of carbonyl (C=O) groups is 1. The van der Waals surface area contributed by atoms with Gasteiger partial charge in [0.1, 0.15) is 18.4 Å². The minimum Gasteiger partial charge on any atom is -0.409 e. The third kappa shape index (κ3) is 44.7. The third-order valence-corrected chi connectivity index (χ3v) is 16.1. The van der Waals surface area contributed by atoms with Crippen LogP contribution in [0.1, 0.15) is 63.3 Å². The summed E-state index contributed by atoms with van der Waals surface area (Å²) in [7, 11) is -2.01. The molecule has 1 heterocycles. The number of rotatable bonds is 11. The molecule has 0 saturated heterocycles. The number of aliphatic hydroxyl groups excluding tert-OH is 2. The largest absolute Gasteiger partial charge is 0.409 e. The van der Waals surface area contributed by atoms with Gasteiger partial charge in [-0.1, -0.05) is 85.9 Å². The SMILES string of the molecule is C#CC#CC#CC#CC#CC#CC#CC#CC#CC#CC#CC#CC#CC#CC#CC#CC#CC#CC#CC#CC#CC#CC#CC#CC#CC#CC#CC#CC#CC#CC#CC#CC#CC#CC#CC.Cc1ccc(-c2ccc(CO[C@](C)(C(=O)CO)[C@@H](O)c3cc(CO[Si](C)(C)C(C)(C)C)on3)cc2)cc1. The highest BCUT2D eigenvalue weighted by Gasteiger charge is 2.44. The van der Waals surface area contributed by atoms with Crippen molar-refractivity contribution in [1.82, 2.24) is 5.16 Å². The molecule has 0 fully saturated rings. The highest BCUT2D eigenvalue weighted by atomic mass is 28.4. The summed E-state index contributed by atoms with van der Waals surface area (Å²) < 4.78 is 17.5. The number of ketones is 1. The van der Waals surface area contributed by atoms with Gasteiger partial charge >= 0.3 is 0 Å². The average Bonchev–Trinajstić information content (AvgIpc) is 1.51. The molecule has 0 saturated carbocycles. The molecule has 0 aliphatic rings. The van der Waals surface area contributed by atoms with E-state index in [9.17, 15) is 15.0 Å². The van der Waals surface area contributed by atoms with Crippen molar-refractivity contribution >= 4 is 14.1 Å². The summed E-state index contributed by atoms with van der Waals surface area (Å²) in [6.07, 6.45) is 3.51. The highest BCUT2D eigenvalue weighted by Crippen LogP contribution is 2.37. The first-order valence-corrected chi connectivity index (χ1v) is 33.2. The number of hydrogen-bond donors (Lipinski definition) is 2. The van der Waals surface area contributed by atoms with Gasteiger partial charge in [0.05, 0.1) is 13.2 Å². The van der Waals surface area contributed by atoms with Crippen LogP contribution in [0.15, 0.2) is 59.1 Å². The lowest BCUT2D eigenvalue weighted by atomic mass is 9.91. The molecule has 108 heavy (non-hydrogen) atoms. The molecule has 3 rings (SSSR count). The highest BCUT2D eigenvalue weighted by molar-refractivity contribution is 6.74. The number of aromatic nitrogens is 1. The zero-order valence-electron chi connectivity index (χ0n) is 58.9. The van der Waals surface area contributed by atoms with E-state index in [1.54, 1.807) is 13.0 Å². The summed E-state index contributed by atoms with van der Waals surface area (Å²) in [5.74, 6) is 172. The fourth-order valence-corrected chi connectivity index (χ4v) is 6.58. The summed E-state index contributed by atoms with van der Waals surface area (Å²) in [5, 5.41) is 24.7. The van der Waals surface area contributed by atoms with Crippen molar-refractivity contribution in [3.63, 3.8) is 0 Å². The number of benzene rings is 2. The summed E-state index contributed by atoms with van der Waals surface area (Å²) in [6, 6.07) is 17.6. The Balaban J connectivity index is 0.000000887. The maximum atomic E-state index is 12.7. The zero-order valence-corrected chi connectivity index (χ0v) is 59.9. The van der Waals surface area contributed by atoms with Gasteiger partial charge in [-0.25, -0.2) is 0 Å². The van der Waals surface area contributed by atoms with Crippen molar-refractivity contribution in [2.75, 3.05) is 6.61 Å². The van der Waals surface area contributed by atoms with E-state index in [1.807, 2.05) is 31.2 Å². The number of hydrogen-bond acceptors (Lipinski definition) is 7. The number of aryl methyl sites for hydroxylation is 1. The lowest BCUT2D eigenvalue weighted by Gasteiger charge is -2.35. The number of Topliss-reactive ketones (excluding diaryl/α,β-unsaturated/α-hetero) is 1. The maximum Gasteiger partial charge on any atom is 0.192 e. The summed E-state index contributed by atoms with van der Waals surface area (Å²) in [5.41, 5.74) is 2.61. The molecule has 2 atom stereocenters. The van der Waals surface area contributed by atoms with Gasteiger partial charge in [0, 0.05) is 314 Å². The van der Waals surface area contributed by atoms with Crippen LogP contribution in [0.25, 0.3) is 11.1 Å². The Labute approximate surface area is 638 Å². The molecule has 0 radical (unpaired) electrons. The van der Waals surface area contributed by atoms with Crippen molar-refractivity contribution < 1.29 is 28.7 Å². The van der Waals surface area contributed by atoms with Crippen LogP contribution in [0.4, 0.5) is 0 Å². The molecule has 488 valence electrons. The smallest absolute Gasteiger partial charge is 0.192 e. The van der Waals surface area contributed by atoms with Crippen molar-refractivity contribution in [2.24, 2.45) is 0 Å². The van der Waals surface area contributed by atoms with Crippen LogP contribution in [-0.4, -0.2) is 41.7 Å². The topological polar surface area (TPSA) is 102 Å². The van der Waals surface area contributed by atoms with E-state index in [1.165, 1.54) is 12.5 Å². The monoisotopic (exact) mass is 1380 g/mol. The molecule has 3 aromatic rings. The van der Waals surface area contributed by atoms with E-state index in [0.29, 0.717) is 5.76 Å². The van der Waals surface area contributed by atoms with Gasteiger partial charge < -0.3 is 23.9 Å². The number of carbonyl (C=O) groups excluding carboxylic acids is 1. The molecule has 0 aliphatic carbocycles. The quantitative estimate of drug-likeness (QED) is 0.167. The lowest BCUT2D eigenvalue weighted by molar-refractivity contribution is -0.166. The molecular weight excluding hydrogens is 1340 g/mol. The van der Waals surface area contributed by atoms with Crippen LogP contribution in [0.2, 0.25) is 18.1 Å². The molecule has 0 aliphatic heterocycles. The van der Waals surface area contributed by atoms with E-state index in [2.05, 4.69) is 472 Å². The zero-order chi connectivity index (χ0) is 78.2. The predicted octanol–water partition coefficient (Wildman–Crippen LogP) is 6.50. The molecule has 0 unspecified atom stereocenters. The van der Waals surface area contributed by atoms with Crippen LogP contribution >= 0.6 is 0 Å². The maximum absolute atomic E-state index is 12.7. The van der Waals surface area contributed by atoms with E-state index < -0.39 is 32.4 Å². The molecule has 2 aromatic carbocycles. The summed E-state index contributed by atoms with van der Waals surface area (Å²) in [6.45, 7) is 15.4. The summed E-state index contributed by atoms with van der Waals surface area (Å²) >= 11 is 0. The van der Waals surface area contributed by atoms with E-state index in [0.717, 1.165) is 16.7 Å². The Kier molecular flexibility index (Phi) is 46.2. The number of ether oxygens (including phenoxy) is 1. The Hall–Kier alpha value is -18.0. The Morgan fingerprint density at radius 1 is 0.407 bits per heavy atom. The second-order valence-electron chi connectivity index (χ2n) is 20.0. The Morgan fingerprint density at radius 3 is 0.880 bits per heavy atom. The predicted molar refractivity (Wildman–Crippen MR) is 424 cm³/mol. The van der Waals surface area contributed by atoms with Crippen LogP contribution in [-0.2, 0) is 27.2 Å². The molecule has 0 spiro atoms. The third-order valence-electron chi connectivity index (χ3n) is 11.7. The molecule has 7 nitrogen and oxygen atoms in total. The molecular formula is C100H43NO6Si. The first-order valence-electron chi connectivity index (χ1n) is 30.3. The average molecular weight is 1380 g/mol. The van der Waals surface area contributed by atoms with Crippen LogP contribution < -0.4 is 0 Å². The number of nitrogens with zero attached hydrogens (tertiary/aromatic N) is 1. The minimum absolute atomic E-state index is 0.0354. The van der Waals surface area contributed by atoms with Crippen molar-refractivity contribution in [3.8, 4) is 426 Å². The molecule has 1 aromatic heterocycles. The fraction of sp³-hybridized carbons (Fsp3) is 0.140. The van der Waals surface area contributed by atoms with Crippen molar-refractivity contribution in [2.45, 2.75) is 84.6 Å². The number of aliphatic hydroxyl groups is 2.